The topological polar surface area (TPSA) is 142 Å². The van der Waals surface area contributed by atoms with Gasteiger partial charge in [-0.1, -0.05) is 17.8 Å². The molecule has 0 radical (unpaired) electrons. The monoisotopic (exact) mass is 461 g/mol. The van der Waals surface area contributed by atoms with Crippen molar-refractivity contribution >= 4 is 45.9 Å². The second-order valence-electron chi connectivity index (χ2n) is 6.14. The molecule has 12 heteroatoms. The van der Waals surface area contributed by atoms with Gasteiger partial charge in [0.25, 0.3) is 5.91 Å². The van der Waals surface area contributed by atoms with Gasteiger partial charge in [-0.05, 0) is 24.6 Å². The summed E-state index contributed by atoms with van der Waals surface area (Å²) in [7, 11) is 1.22. The lowest BCUT2D eigenvalue weighted by Crippen LogP contribution is -2.16. The van der Waals surface area contributed by atoms with E-state index < -0.39 is 17.8 Å². The van der Waals surface area contributed by atoms with Gasteiger partial charge in [0, 0.05) is 6.54 Å². The van der Waals surface area contributed by atoms with Crippen LogP contribution in [0.3, 0.4) is 0 Å². The van der Waals surface area contributed by atoms with E-state index in [1.54, 1.807) is 29.7 Å². The molecule has 31 heavy (non-hydrogen) atoms. The number of rotatable bonds is 9. The van der Waals surface area contributed by atoms with E-state index in [9.17, 15) is 14.4 Å². The van der Waals surface area contributed by atoms with Crippen LogP contribution in [0.2, 0.25) is 0 Å². The van der Waals surface area contributed by atoms with Gasteiger partial charge >= 0.3 is 5.97 Å². The van der Waals surface area contributed by atoms with Gasteiger partial charge in [0.05, 0.1) is 29.6 Å². The number of anilines is 1. The van der Waals surface area contributed by atoms with E-state index in [1.165, 1.54) is 13.4 Å². The standard InChI is InChI=1S/C19H19N5O5S2/c1-4-7-24-16(11-6-5-8-29-11)22-23-19(24)30-9-12(25)21-17-13(18(27)28-3)10(2)14(31-17)15(20)26/h4-6,8H,1,7,9H2,2-3H3,(H2,20,26)(H,21,25). The zero-order valence-corrected chi connectivity index (χ0v) is 18.3. The minimum atomic E-state index is -0.689. The number of thioether (sulfide) groups is 1. The third kappa shape index (κ3) is 4.70. The number of nitrogens with zero attached hydrogens (tertiary/aromatic N) is 3. The molecule has 3 heterocycles. The second-order valence-corrected chi connectivity index (χ2v) is 8.10. The van der Waals surface area contributed by atoms with Crippen molar-refractivity contribution in [1.29, 1.82) is 0 Å². The first kappa shape index (κ1) is 22.3. The number of nitrogens with one attached hydrogen (secondary N) is 1. The fraction of sp³-hybridized carbons (Fsp3) is 0.211. The Morgan fingerprint density at radius 3 is 2.81 bits per heavy atom. The fourth-order valence-electron chi connectivity index (χ4n) is 2.75. The Hall–Kier alpha value is -3.38. The van der Waals surface area contributed by atoms with Crippen LogP contribution >= 0.6 is 23.1 Å². The number of primary amides is 1. The van der Waals surface area contributed by atoms with Crippen molar-refractivity contribution in [2.75, 3.05) is 18.2 Å². The number of thiophene rings is 1. The van der Waals surface area contributed by atoms with Gasteiger partial charge < -0.3 is 20.2 Å². The maximum Gasteiger partial charge on any atom is 0.341 e. The molecular weight excluding hydrogens is 442 g/mol. The lowest BCUT2D eigenvalue weighted by Gasteiger charge is -2.07. The number of hydrogen-bond acceptors (Lipinski definition) is 9. The molecule has 0 aromatic carbocycles. The molecule has 3 aromatic heterocycles. The number of methoxy groups -OCH3 is 1. The molecule has 3 N–H and O–H groups in total. The molecule has 0 fully saturated rings. The Bertz CT molecular complexity index is 1130. The number of hydrogen-bond donors (Lipinski definition) is 2. The van der Waals surface area contributed by atoms with Gasteiger partial charge in [-0.15, -0.1) is 28.1 Å². The predicted octanol–water partition coefficient (Wildman–Crippen LogP) is 2.71. The van der Waals surface area contributed by atoms with Crippen LogP contribution in [0.1, 0.15) is 25.6 Å². The van der Waals surface area contributed by atoms with Gasteiger partial charge in [-0.25, -0.2) is 4.79 Å². The molecule has 0 bridgehead atoms. The first-order valence-corrected chi connectivity index (χ1v) is 10.7. The van der Waals surface area contributed by atoms with Crippen molar-refractivity contribution < 1.29 is 23.5 Å². The summed E-state index contributed by atoms with van der Waals surface area (Å²) in [5, 5.41) is 11.6. The van der Waals surface area contributed by atoms with Crippen molar-refractivity contribution in [1.82, 2.24) is 14.8 Å². The average Bonchev–Trinajstić information content (AvgIpc) is 3.46. The predicted molar refractivity (Wildman–Crippen MR) is 116 cm³/mol. The van der Waals surface area contributed by atoms with Crippen LogP contribution in [0, 0.1) is 6.92 Å². The molecule has 0 saturated carbocycles. The average molecular weight is 462 g/mol. The van der Waals surface area contributed by atoms with Crippen molar-refractivity contribution in [3.05, 3.63) is 47.1 Å². The molecular formula is C19H19N5O5S2. The number of carbonyl (C=O) groups excluding carboxylic acids is 3. The molecule has 3 rings (SSSR count). The van der Waals surface area contributed by atoms with Crippen LogP contribution in [0.5, 0.6) is 0 Å². The molecule has 162 valence electrons. The highest BCUT2D eigenvalue weighted by atomic mass is 32.2. The van der Waals surface area contributed by atoms with E-state index in [0.717, 1.165) is 23.1 Å². The molecule has 0 aliphatic carbocycles. The minimum Gasteiger partial charge on any atom is -0.465 e. The van der Waals surface area contributed by atoms with E-state index in [1.807, 2.05) is 0 Å². The van der Waals surface area contributed by atoms with E-state index in [4.69, 9.17) is 14.9 Å². The summed E-state index contributed by atoms with van der Waals surface area (Å²) in [6.45, 7) is 5.73. The first-order chi connectivity index (χ1) is 14.9. The molecule has 0 aliphatic rings. The summed E-state index contributed by atoms with van der Waals surface area (Å²) < 4.78 is 11.9. The van der Waals surface area contributed by atoms with Gasteiger partial charge in [-0.2, -0.15) is 0 Å². The van der Waals surface area contributed by atoms with Crippen molar-refractivity contribution in [2.24, 2.45) is 5.73 Å². The summed E-state index contributed by atoms with van der Waals surface area (Å²) in [6, 6.07) is 3.50. The Labute approximate surface area is 185 Å². The molecule has 10 nitrogen and oxygen atoms in total. The molecule has 0 spiro atoms. The smallest absolute Gasteiger partial charge is 0.341 e. The third-order valence-corrected chi connectivity index (χ3v) is 6.30. The number of carbonyl (C=O) groups is 3. The van der Waals surface area contributed by atoms with E-state index in [2.05, 4.69) is 22.1 Å². The lowest BCUT2D eigenvalue weighted by molar-refractivity contribution is -0.113. The van der Waals surface area contributed by atoms with Crippen LogP contribution in [-0.2, 0) is 16.1 Å². The molecule has 3 aromatic rings. The summed E-state index contributed by atoms with van der Waals surface area (Å²) in [4.78, 5) is 36.5. The fourth-order valence-corrected chi connectivity index (χ4v) is 4.57. The highest BCUT2D eigenvalue weighted by molar-refractivity contribution is 7.99. The minimum absolute atomic E-state index is 0.0170. The van der Waals surface area contributed by atoms with Crippen molar-refractivity contribution in [3.8, 4) is 11.6 Å². The molecule has 0 aliphatic heterocycles. The number of aromatic nitrogens is 3. The first-order valence-electron chi connectivity index (χ1n) is 8.89. The number of amides is 2. The van der Waals surface area contributed by atoms with Crippen molar-refractivity contribution in [3.63, 3.8) is 0 Å². The quantitative estimate of drug-likeness (QED) is 0.281. The Morgan fingerprint density at radius 1 is 1.42 bits per heavy atom. The largest absolute Gasteiger partial charge is 0.465 e. The SMILES string of the molecule is C=CCn1c(SCC(=O)Nc2sc(C(N)=O)c(C)c2C(=O)OC)nnc1-c1ccco1. The Kier molecular flexibility index (Phi) is 6.92. The van der Waals surface area contributed by atoms with Crippen LogP contribution < -0.4 is 11.1 Å². The number of allylic oxidation sites excluding steroid dienone is 1. The zero-order valence-electron chi connectivity index (χ0n) is 16.7. The number of esters is 1. The van der Waals surface area contributed by atoms with Crippen molar-refractivity contribution in [2.45, 2.75) is 18.6 Å². The van der Waals surface area contributed by atoms with E-state index in [-0.39, 0.29) is 21.2 Å². The number of nitrogens with two attached hydrogens (primary N) is 1. The van der Waals surface area contributed by atoms with Gasteiger partial charge in [0.15, 0.2) is 10.9 Å². The van der Waals surface area contributed by atoms with Crippen LogP contribution in [0.4, 0.5) is 5.00 Å². The maximum atomic E-state index is 12.6. The Balaban J connectivity index is 1.77. The summed E-state index contributed by atoms with van der Waals surface area (Å²) in [5.41, 5.74) is 5.83. The summed E-state index contributed by atoms with van der Waals surface area (Å²) in [6.07, 6.45) is 3.22. The highest BCUT2D eigenvalue weighted by Crippen LogP contribution is 2.34. The Morgan fingerprint density at radius 2 is 2.19 bits per heavy atom. The highest BCUT2D eigenvalue weighted by Gasteiger charge is 2.25. The third-order valence-electron chi connectivity index (χ3n) is 4.12. The molecule has 0 unspecified atom stereocenters. The van der Waals surface area contributed by atoms with Gasteiger partial charge in [0.2, 0.25) is 11.7 Å². The maximum absolute atomic E-state index is 12.6. The summed E-state index contributed by atoms with van der Waals surface area (Å²) in [5.74, 6) is -0.720. The second kappa shape index (κ2) is 9.62. The molecule has 0 saturated heterocycles. The number of furan rings is 1. The van der Waals surface area contributed by atoms with Crippen LogP contribution in [0.15, 0.2) is 40.6 Å². The normalized spacial score (nSPS) is 10.6. The summed E-state index contributed by atoms with van der Waals surface area (Å²) >= 11 is 2.08. The van der Waals surface area contributed by atoms with Crippen LogP contribution in [-0.4, -0.2) is 45.4 Å². The molecule has 2 amide bonds. The van der Waals surface area contributed by atoms with E-state index >= 15 is 0 Å². The van der Waals surface area contributed by atoms with E-state index in [0.29, 0.717) is 28.8 Å². The van der Waals surface area contributed by atoms with Gasteiger partial charge in [0.1, 0.15) is 5.00 Å². The number of ether oxygens (including phenoxy) is 1. The van der Waals surface area contributed by atoms with Crippen LogP contribution in [0.25, 0.3) is 11.6 Å². The van der Waals surface area contributed by atoms with Gasteiger partial charge in [-0.3, -0.25) is 14.2 Å². The zero-order chi connectivity index (χ0) is 22.5. The lowest BCUT2D eigenvalue weighted by atomic mass is 10.1. The molecule has 0 atom stereocenters.